The van der Waals surface area contributed by atoms with Gasteiger partial charge in [-0.3, -0.25) is 4.79 Å². The first-order chi connectivity index (χ1) is 7.95. The maximum absolute atomic E-state index is 11.8. The third kappa shape index (κ3) is 3.70. The van der Waals surface area contributed by atoms with Crippen molar-refractivity contribution in [2.24, 2.45) is 0 Å². The van der Waals surface area contributed by atoms with Crippen molar-refractivity contribution in [3.05, 3.63) is 33.2 Å². The molecule has 0 amide bonds. The molecule has 0 fully saturated rings. The first kappa shape index (κ1) is 14.0. The van der Waals surface area contributed by atoms with Crippen LogP contribution >= 0.6 is 15.9 Å². The Morgan fingerprint density at radius 2 is 2.12 bits per heavy atom. The van der Waals surface area contributed by atoms with E-state index in [9.17, 15) is 9.59 Å². The van der Waals surface area contributed by atoms with Crippen LogP contribution in [0.2, 0.25) is 0 Å². The quantitative estimate of drug-likeness (QED) is 0.803. The van der Waals surface area contributed by atoms with Crippen molar-refractivity contribution in [2.45, 2.75) is 39.3 Å². The summed E-state index contributed by atoms with van der Waals surface area (Å²) in [5, 5.41) is 0. The normalized spacial score (nSPS) is 14.1. The molecule has 2 atom stereocenters. The monoisotopic (exact) mass is 301 g/mol. The van der Waals surface area contributed by atoms with Gasteiger partial charge in [-0.2, -0.15) is 0 Å². The second-order valence-corrected chi connectivity index (χ2v) is 4.84. The molecule has 0 N–H and O–H groups in total. The van der Waals surface area contributed by atoms with Crippen molar-refractivity contribution >= 4 is 21.9 Å². The second-order valence-electron chi connectivity index (χ2n) is 3.92. The van der Waals surface area contributed by atoms with Crippen LogP contribution in [0.4, 0.5) is 0 Å². The van der Waals surface area contributed by atoms with Gasteiger partial charge in [-0.25, -0.2) is 4.79 Å². The number of pyridine rings is 1. The molecule has 0 aliphatic heterocycles. The number of halogens is 1. The summed E-state index contributed by atoms with van der Waals surface area (Å²) in [6, 6.07) is 2.44. The van der Waals surface area contributed by atoms with E-state index in [1.54, 1.807) is 19.2 Å². The molecule has 1 rings (SSSR count). The van der Waals surface area contributed by atoms with Crippen LogP contribution in [-0.4, -0.2) is 16.6 Å². The fraction of sp³-hybridized carbons (Fsp3) is 0.500. The van der Waals surface area contributed by atoms with Gasteiger partial charge in [0.15, 0.2) is 0 Å². The van der Waals surface area contributed by atoms with Gasteiger partial charge < -0.3 is 9.30 Å². The van der Waals surface area contributed by atoms with Crippen LogP contribution < -0.4 is 5.56 Å². The van der Waals surface area contributed by atoms with E-state index in [4.69, 9.17) is 4.74 Å². The van der Waals surface area contributed by atoms with E-state index >= 15 is 0 Å². The summed E-state index contributed by atoms with van der Waals surface area (Å²) in [5.41, 5.74) is -0.221. The molecule has 0 aromatic carbocycles. The number of esters is 1. The van der Waals surface area contributed by atoms with Crippen molar-refractivity contribution in [2.75, 3.05) is 0 Å². The molecule has 0 bridgehead atoms. The van der Waals surface area contributed by atoms with Crippen LogP contribution in [0.1, 0.15) is 33.2 Å². The molecule has 0 spiro atoms. The van der Waals surface area contributed by atoms with Crippen LogP contribution in [0.3, 0.4) is 0 Å². The van der Waals surface area contributed by atoms with E-state index < -0.39 is 6.04 Å². The Labute approximate surface area is 109 Å². The maximum atomic E-state index is 11.8. The largest absolute Gasteiger partial charge is 0.461 e. The molecule has 94 valence electrons. The number of hydrogen-bond acceptors (Lipinski definition) is 3. The molecule has 0 saturated carbocycles. The molecule has 17 heavy (non-hydrogen) atoms. The summed E-state index contributed by atoms with van der Waals surface area (Å²) in [6.45, 7) is 5.42. The lowest BCUT2D eigenvalue weighted by Gasteiger charge is -2.17. The predicted octanol–water partition coefficient (Wildman–Crippen LogP) is 2.51. The third-order valence-electron chi connectivity index (χ3n) is 2.55. The summed E-state index contributed by atoms with van der Waals surface area (Å²) in [5.74, 6) is -0.389. The molecule has 0 aliphatic carbocycles. The van der Waals surface area contributed by atoms with Crippen molar-refractivity contribution in [3.8, 4) is 0 Å². The molecular weight excluding hydrogens is 286 g/mol. The molecule has 1 aromatic heterocycles. The molecule has 5 heteroatoms. The number of nitrogens with zero attached hydrogens (tertiary/aromatic N) is 1. The lowest BCUT2D eigenvalue weighted by molar-refractivity contribution is -0.152. The highest BCUT2D eigenvalue weighted by atomic mass is 79.9. The van der Waals surface area contributed by atoms with Gasteiger partial charge in [-0.15, -0.1) is 0 Å². The van der Waals surface area contributed by atoms with E-state index in [-0.39, 0.29) is 17.6 Å². The molecule has 0 saturated heterocycles. The predicted molar refractivity (Wildman–Crippen MR) is 69.0 cm³/mol. The fourth-order valence-corrected chi connectivity index (χ4v) is 1.63. The van der Waals surface area contributed by atoms with Crippen LogP contribution in [0.25, 0.3) is 0 Å². The number of carbonyl (C=O) groups excluding carboxylic acids is 1. The summed E-state index contributed by atoms with van der Waals surface area (Å²) in [6.07, 6.45) is 2.21. The number of rotatable bonds is 4. The molecule has 0 radical (unpaired) electrons. The van der Waals surface area contributed by atoms with Gasteiger partial charge in [0.25, 0.3) is 5.56 Å². The van der Waals surface area contributed by atoms with Crippen molar-refractivity contribution < 1.29 is 9.53 Å². The van der Waals surface area contributed by atoms with Gasteiger partial charge in [0.2, 0.25) is 0 Å². The molecule has 0 aliphatic rings. The highest BCUT2D eigenvalue weighted by Gasteiger charge is 2.19. The molecule has 1 heterocycles. The van der Waals surface area contributed by atoms with Crippen LogP contribution in [0, 0.1) is 0 Å². The molecule has 1 aromatic rings. The fourth-order valence-electron chi connectivity index (χ4n) is 1.27. The SMILES string of the molecule is CCC(C)OC(=O)C(C)n1cc(Br)ccc1=O. The Balaban J connectivity index is 2.88. The average Bonchev–Trinajstić information content (AvgIpc) is 2.31. The summed E-state index contributed by atoms with van der Waals surface area (Å²) >= 11 is 3.27. The Bertz CT molecular complexity index is 455. The van der Waals surface area contributed by atoms with E-state index in [2.05, 4.69) is 15.9 Å². The van der Waals surface area contributed by atoms with Crippen LogP contribution in [-0.2, 0) is 9.53 Å². The highest BCUT2D eigenvalue weighted by Crippen LogP contribution is 2.12. The Kier molecular flexibility index (Phi) is 4.93. The number of ether oxygens (including phenoxy) is 1. The van der Waals surface area contributed by atoms with Gasteiger partial charge in [-0.05, 0) is 42.3 Å². The van der Waals surface area contributed by atoms with Crippen LogP contribution in [0.5, 0.6) is 0 Å². The molecule has 4 nitrogen and oxygen atoms in total. The van der Waals surface area contributed by atoms with Gasteiger partial charge >= 0.3 is 5.97 Å². The summed E-state index contributed by atoms with van der Waals surface area (Å²) < 4.78 is 7.30. The van der Waals surface area contributed by atoms with Crippen LogP contribution in [0.15, 0.2) is 27.6 Å². The second kappa shape index (κ2) is 6.00. The standard InChI is InChI=1S/C12H16BrNO3/c1-4-8(2)17-12(16)9(3)14-7-10(13)5-6-11(14)15/h5-9H,4H2,1-3H3. The van der Waals surface area contributed by atoms with E-state index in [0.29, 0.717) is 0 Å². The molecule has 2 unspecified atom stereocenters. The van der Waals surface area contributed by atoms with Crippen molar-refractivity contribution in [3.63, 3.8) is 0 Å². The van der Waals surface area contributed by atoms with E-state index in [1.165, 1.54) is 10.6 Å². The first-order valence-electron chi connectivity index (χ1n) is 5.54. The topological polar surface area (TPSA) is 48.3 Å². The summed E-state index contributed by atoms with van der Waals surface area (Å²) in [4.78, 5) is 23.4. The lowest BCUT2D eigenvalue weighted by Crippen LogP contribution is -2.30. The average molecular weight is 302 g/mol. The van der Waals surface area contributed by atoms with E-state index in [0.717, 1.165) is 10.9 Å². The summed E-state index contributed by atoms with van der Waals surface area (Å²) in [7, 11) is 0. The highest BCUT2D eigenvalue weighted by molar-refractivity contribution is 9.10. The zero-order valence-corrected chi connectivity index (χ0v) is 11.7. The minimum Gasteiger partial charge on any atom is -0.461 e. The smallest absolute Gasteiger partial charge is 0.329 e. The van der Waals surface area contributed by atoms with E-state index in [1.807, 2.05) is 13.8 Å². The zero-order valence-electron chi connectivity index (χ0n) is 10.1. The zero-order chi connectivity index (χ0) is 13.0. The van der Waals surface area contributed by atoms with Gasteiger partial charge in [0.1, 0.15) is 6.04 Å². The molecular formula is C12H16BrNO3. The third-order valence-corrected chi connectivity index (χ3v) is 3.02. The Morgan fingerprint density at radius 1 is 1.47 bits per heavy atom. The lowest BCUT2D eigenvalue weighted by atomic mass is 10.3. The first-order valence-corrected chi connectivity index (χ1v) is 6.33. The number of hydrogen-bond donors (Lipinski definition) is 0. The Morgan fingerprint density at radius 3 is 2.71 bits per heavy atom. The van der Waals surface area contributed by atoms with Crippen molar-refractivity contribution in [1.29, 1.82) is 0 Å². The minimum absolute atomic E-state index is 0.132. The van der Waals surface area contributed by atoms with Gasteiger partial charge in [-0.1, -0.05) is 6.92 Å². The minimum atomic E-state index is -0.617. The van der Waals surface area contributed by atoms with Crippen molar-refractivity contribution in [1.82, 2.24) is 4.57 Å². The number of carbonyl (C=O) groups is 1. The number of aromatic nitrogens is 1. The Hall–Kier alpha value is -1.10. The van der Waals surface area contributed by atoms with Gasteiger partial charge in [0, 0.05) is 16.7 Å². The maximum Gasteiger partial charge on any atom is 0.329 e. The van der Waals surface area contributed by atoms with Gasteiger partial charge in [0.05, 0.1) is 6.10 Å².